The van der Waals surface area contributed by atoms with Crippen molar-refractivity contribution < 1.29 is 32.2 Å². The maximum Gasteiger partial charge on any atom is 0.446 e. The number of alkyl halides is 3. The molecule has 0 aliphatic carbocycles. The van der Waals surface area contributed by atoms with E-state index in [9.17, 15) is 18.0 Å². The van der Waals surface area contributed by atoms with Crippen molar-refractivity contribution in [3.63, 3.8) is 0 Å². The maximum atomic E-state index is 12.4. The van der Waals surface area contributed by atoms with E-state index in [1.807, 2.05) is 6.07 Å². The standard InChI is InChI=1S/C21H22F3NO4S/c1-27-19-11-14(4-9-18(19)29-13-16-3-2-10-28-16)12-25-20(26)15-5-7-17(8-6-15)30-21(22,23)24/h4-9,11,16H,2-3,10,12-13H2,1H3,(H,25,26). The molecule has 0 aromatic heterocycles. The van der Waals surface area contributed by atoms with Crippen LogP contribution in [0.1, 0.15) is 28.8 Å². The molecule has 2 aromatic carbocycles. The van der Waals surface area contributed by atoms with E-state index in [2.05, 4.69) is 5.32 Å². The van der Waals surface area contributed by atoms with Gasteiger partial charge >= 0.3 is 5.51 Å². The fourth-order valence-corrected chi connectivity index (χ4v) is 3.53. The number of halogens is 3. The Morgan fingerprint density at radius 3 is 2.60 bits per heavy atom. The Hall–Kier alpha value is -2.39. The summed E-state index contributed by atoms with van der Waals surface area (Å²) in [4.78, 5) is 12.3. The summed E-state index contributed by atoms with van der Waals surface area (Å²) in [6, 6.07) is 10.6. The van der Waals surface area contributed by atoms with Gasteiger partial charge in [0.2, 0.25) is 0 Å². The molecule has 0 bridgehead atoms. The number of hydrogen-bond donors (Lipinski definition) is 1. The van der Waals surface area contributed by atoms with E-state index in [0.717, 1.165) is 25.0 Å². The van der Waals surface area contributed by atoms with Gasteiger partial charge in [0.25, 0.3) is 5.91 Å². The molecule has 1 N–H and O–H groups in total. The third kappa shape index (κ3) is 6.56. The SMILES string of the molecule is COc1cc(CNC(=O)c2ccc(SC(F)(F)F)cc2)ccc1OCC1CCCO1. The number of thioether (sulfide) groups is 1. The molecule has 1 amide bonds. The van der Waals surface area contributed by atoms with E-state index in [0.29, 0.717) is 18.1 Å². The van der Waals surface area contributed by atoms with E-state index in [1.165, 1.54) is 31.4 Å². The molecule has 1 aliphatic rings. The van der Waals surface area contributed by atoms with Gasteiger partial charge in [0, 0.05) is 23.6 Å². The molecule has 30 heavy (non-hydrogen) atoms. The van der Waals surface area contributed by atoms with Crippen LogP contribution in [0.15, 0.2) is 47.4 Å². The van der Waals surface area contributed by atoms with E-state index >= 15 is 0 Å². The molecule has 1 heterocycles. The van der Waals surface area contributed by atoms with Gasteiger partial charge in [-0.3, -0.25) is 4.79 Å². The highest BCUT2D eigenvalue weighted by Crippen LogP contribution is 2.36. The van der Waals surface area contributed by atoms with Gasteiger partial charge < -0.3 is 19.5 Å². The van der Waals surface area contributed by atoms with Gasteiger partial charge in [-0.25, -0.2) is 0 Å². The second-order valence-electron chi connectivity index (χ2n) is 6.69. The van der Waals surface area contributed by atoms with Crippen LogP contribution in [0.4, 0.5) is 13.2 Å². The summed E-state index contributed by atoms with van der Waals surface area (Å²) in [5.74, 6) is 0.769. The Morgan fingerprint density at radius 2 is 1.97 bits per heavy atom. The lowest BCUT2D eigenvalue weighted by Crippen LogP contribution is -2.22. The first kappa shape index (κ1) is 22.3. The first-order chi connectivity index (χ1) is 14.3. The van der Waals surface area contributed by atoms with Crippen LogP contribution in [-0.4, -0.2) is 37.8 Å². The van der Waals surface area contributed by atoms with E-state index in [1.54, 1.807) is 12.1 Å². The fraction of sp³-hybridized carbons (Fsp3) is 0.381. The van der Waals surface area contributed by atoms with Gasteiger partial charge in [0.1, 0.15) is 6.61 Å². The second-order valence-corrected chi connectivity index (χ2v) is 7.82. The molecule has 1 aliphatic heterocycles. The molecule has 5 nitrogen and oxygen atoms in total. The first-order valence-corrected chi connectivity index (χ1v) is 10.2. The Kier molecular flexibility index (Phi) is 7.49. The number of methoxy groups -OCH3 is 1. The normalized spacial score (nSPS) is 16.3. The van der Waals surface area contributed by atoms with Gasteiger partial charge in [-0.2, -0.15) is 13.2 Å². The van der Waals surface area contributed by atoms with Crippen LogP contribution in [0.2, 0.25) is 0 Å². The molecule has 162 valence electrons. The third-order valence-electron chi connectivity index (χ3n) is 4.48. The lowest BCUT2D eigenvalue weighted by Gasteiger charge is -2.15. The highest BCUT2D eigenvalue weighted by atomic mass is 32.2. The van der Waals surface area contributed by atoms with Crippen LogP contribution in [0.25, 0.3) is 0 Å². The minimum absolute atomic E-state index is 0.0300. The van der Waals surface area contributed by atoms with Gasteiger partial charge in [0.15, 0.2) is 11.5 Å². The highest BCUT2D eigenvalue weighted by molar-refractivity contribution is 8.00. The molecule has 9 heteroatoms. The molecule has 3 rings (SSSR count). The summed E-state index contributed by atoms with van der Waals surface area (Å²) in [7, 11) is 1.54. The second kappa shape index (κ2) is 10.1. The zero-order valence-corrected chi connectivity index (χ0v) is 17.1. The number of amides is 1. The largest absolute Gasteiger partial charge is 0.493 e. The highest BCUT2D eigenvalue weighted by Gasteiger charge is 2.29. The predicted octanol–water partition coefficient (Wildman–Crippen LogP) is 4.79. The lowest BCUT2D eigenvalue weighted by molar-refractivity contribution is -0.0328. The van der Waals surface area contributed by atoms with Crippen molar-refractivity contribution in [1.29, 1.82) is 0 Å². The molecule has 2 aromatic rings. The fourth-order valence-electron chi connectivity index (χ4n) is 2.99. The van der Waals surface area contributed by atoms with Gasteiger partial charge in [-0.15, -0.1) is 0 Å². The average molecular weight is 441 g/mol. The quantitative estimate of drug-likeness (QED) is 0.597. The number of carbonyl (C=O) groups excluding carboxylic acids is 1. The Morgan fingerprint density at radius 1 is 1.20 bits per heavy atom. The molecule has 1 fully saturated rings. The van der Waals surface area contributed by atoms with E-state index < -0.39 is 5.51 Å². The minimum Gasteiger partial charge on any atom is -0.493 e. The lowest BCUT2D eigenvalue weighted by atomic mass is 10.1. The Balaban J connectivity index is 1.54. The monoisotopic (exact) mass is 441 g/mol. The summed E-state index contributed by atoms with van der Waals surface area (Å²) < 4.78 is 53.9. The van der Waals surface area contributed by atoms with Crippen LogP contribution in [0.3, 0.4) is 0 Å². The van der Waals surface area contributed by atoms with Crippen LogP contribution < -0.4 is 14.8 Å². The average Bonchev–Trinajstić information content (AvgIpc) is 3.23. The molecule has 1 saturated heterocycles. The van der Waals surface area contributed by atoms with Crippen LogP contribution >= 0.6 is 11.8 Å². The van der Waals surface area contributed by atoms with Gasteiger partial charge in [-0.05, 0) is 66.6 Å². The maximum absolute atomic E-state index is 12.4. The smallest absolute Gasteiger partial charge is 0.446 e. The van der Waals surface area contributed by atoms with Crippen molar-refractivity contribution in [2.24, 2.45) is 0 Å². The molecule has 1 unspecified atom stereocenters. The third-order valence-corrected chi connectivity index (χ3v) is 5.22. The molecule has 0 spiro atoms. The number of carbonyl (C=O) groups is 1. The zero-order chi connectivity index (χ0) is 21.6. The van der Waals surface area contributed by atoms with Crippen molar-refractivity contribution in [1.82, 2.24) is 5.32 Å². The summed E-state index contributed by atoms with van der Waals surface area (Å²) in [5.41, 5.74) is -3.28. The minimum atomic E-state index is -4.36. The summed E-state index contributed by atoms with van der Waals surface area (Å²) >= 11 is -0.217. The number of hydrogen-bond acceptors (Lipinski definition) is 5. The number of ether oxygens (including phenoxy) is 3. The van der Waals surface area contributed by atoms with Crippen molar-refractivity contribution in [3.8, 4) is 11.5 Å². The van der Waals surface area contributed by atoms with Gasteiger partial charge in [-0.1, -0.05) is 6.07 Å². The van der Waals surface area contributed by atoms with E-state index in [4.69, 9.17) is 14.2 Å². The first-order valence-electron chi connectivity index (χ1n) is 9.39. The number of nitrogens with one attached hydrogen (secondary N) is 1. The predicted molar refractivity (Wildman–Crippen MR) is 107 cm³/mol. The van der Waals surface area contributed by atoms with Crippen molar-refractivity contribution in [2.75, 3.05) is 20.3 Å². The number of rotatable bonds is 8. The molecule has 0 radical (unpaired) electrons. The zero-order valence-electron chi connectivity index (χ0n) is 16.3. The molecule has 0 saturated carbocycles. The summed E-state index contributed by atoms with van der Waals surface area (Å²) in [5, 5.41) is 2.75. The van der Waals surface area contributed by atoms with Crippen LogP contribution in [0.5, 0.6) is 11.5 Å². The Bertz CT molecular complexity index is 852. The molecule has 1 atom stereocenters. The van der Waals surface area contributed by atoms with E-state index in [-0.39, 0.29) is 40.8 Å². The van der Waals surface area contributed by atoms with Crippen molar-refractivity contribution >= 4 is 17.7 Å². The van der Waals surface area contributed by atoms with Crippen molar-refractivity contribution in [3.05, 3.63) is 53.6 Å². The summed E-state index contributed by atoms with van der Waals surface area (Å²) in [6.45, 7) is 1.45. The van der Waals surface area contributed by atoms with Crippen molar-refractivity contribution in [2.45, 2.75) is 35.9 Å². The molecular weight excluding hydrogens is 419 g/mol. The topological polar surface area (TPSA) is 56.8 Å². The molecular formula is C21H22F3NO4S. The van der Waals surface area contributed by atoms with Gasteiger partial charge in [0.05, 0.1) is 13.2 Å². The number of benzene rings is 2. The Labute approximate surface area is 176 Å². The summed E-state index contributed by atoms with van der Waals surface area (Å²) in [6.07, 6.45) is 2.10. The van der Waals surface area contributed by atoms with Crippen LogP contribution in [0, 0.1) is 0 Å². The van der Waals surface area contributed by atoms with Crippen LogP contribution in [-0.2, 0) is 11.3 Å².